The molecular weight excluding hydrogens is 269 g/mol. The molecule has 0 aliphatic carbocycles. The molecule has 1 N–H and O–H groups in total. The zero-order valence-corrected chi connectivity index (χ0v) is 10.6. The summed E-state index contributed by atoms with van der Waals surface area (Å²) >= 11 is 1.10. The molecule has 2 aromatic heterocycles. The Morgan fingerprint density at radius 1 is 1.37 bits per heavy atom. The van der Waals surface area contributed by atoms with Gasteiger partial charge in [0, 0.05) is 0 Å². The second-order valence-corrected chi connectivity index (χ2v) is 4.74. The fraction of sp³-hybridized carbons (Fsp3) is 0.0909. The molecule has 1 aromatic carbocycles. The average Bonchev–Trinajstić information content (AvgIpc) is 2.95. The molecule has 2 heterocycles. The largest absolute Gasteiger partial charge is 0.317 e. The van der Waals surface area contributed by atoms with E-state index >= 15 is 0 Å². The van der Waals surface area contributed by atoms with Gasteiger partial charge in [0.1, 0.15) is 5.82 Å². The van der Waals surface area contributed by atoms with E-state index in [-0.39, 0.29) is 10.7 Å². The van der Waals surface area contributed by atoms with E-state index in [0.717, 1.165) is 11.3 Å². The number of carbonyl (C=O) groups excluding carboxylic acids is 1. The molecule has 19 heavy (non-hydrogen) atoms. The van der Waals surface area contributed by atoms with Gasteiger partial charge in [0.25, 0.3) is 5.91 Å². The maximum Gasteiger partial charge on any atom is 0.286 e. The molecule has 0 saturated heterocycles. The molecule has 0 bridgehead atoms. The summed E-state index contributed by atoms with van der Waals surface area (Å²) in [5, 5.41) is 14.4. The zero-order valence-electron chi connectivity index (χ0n) is 9.79. The fourth-order valence-corrected chi connectivity index (χ4v) is 2.33. The van der Waals surface area contributed by atoms with Crippen molar-refractivity contribution in [1.82, 2.24) is 19.8 Å². The number of aromatic nitrogens is 4. The van der Waals surface area contributed by atoms with Crippen molar-refractivity contribution >= 4 is 27.9 Å². The van der Waals surface area contributed by atoms with Gasteiger partial charge in [0.05, 0.1) is 5.69 Å². The second kappa shape index (κ2) is 4.39. The highest BCUT2D eigenvalue weighted by molar-refractivity contribution is 7.18. The third kappa shape index (κ3) is 2.06. The van der Waals surface area contributed by atoms with Crippen LogP contribution in [0.2, 0.25) is 0 Å². The number of aryl methyl sites for hydroxylation is 1. The minimum Gasteiger partial charge on any atom is -0.317 e. The average molecular weight is 277 g/mol. The summed E-state index contributed by atoms with van der Waals surface area (Å²) in [6, 6.07) is 5.95. The van der Waals surface area contributed by atoms with Crippen molar-refractivity contribution in [3.05, 3.63) is 40.9 Å². The summed E-state index contributed by atoms with van der Waals surface area (Å²) < 4.78 is 14.9. The van der Waals surface area contributed by atoms with E-state index in [4.69, 9.17) is 0 Å². The monoisotopic (exact) mass is 277 g/mol. The van der Waals surface area contributed by atoms with Crippen LogP contribution in [0.4, 0.5) is 10.1 Å². The van der Waals surface area contributed by atoms with Crippen molar-refractivity contribution in [2.24, 2.45) is 0 Å². The van der Waals surface area contributed by atoms with Crippen molar-refractivity contribution < 1.29 is 9.18 Å². The summed E-state index contributed by atoms with van der Waals surface area (Å²) in [4.78, 5) is 12.5. The van der Waals surface area contributed by atoms with E-state index in [2.05, 4.69) is 20.6 Å². The number of nitrogens with one attached hydrogen (secondary N) is 1. The lowest BCUT2D eigenvalue weighted by Crippen LogP contribution is -2.13. The third-order valence-electron chi connectivity index (χ3n) is 2.46. The van der Waals surface area contributed by atoms with Crippen molar-refractivity contribution in [3.8, 4) is 0 Å². The first kappa shape index (κ1) is 11.7. The molecule has 0 aliphatic heterocycles. The van der Waals surface area contributed by atoms with Gasteiger partial charge in [-0.1, -0.05) is 23.5 Å². The van der Waals surface area contributed by atoms with E-state index in [1.54, 1.807) is 19.1 Å². The van der Waals surface area contributed by atoms with Crippen LogP contribution >= 0.6 is 11.3 Å². The summed E-state index contributed by atoms with van der Waals surface area (Å²) in [7, 11) is 0. The van der Waals surface area contributed by atoms with Crippen molar-refractivity contribution in [2.75, 3.05) is 5.32 Å². The van der Waals surface area contributed by atoms with Gasteiger partial charge in [0.15, 0.2) is 5.82 Å². The molecule has 6 nitrogen and oxygen atoms in total. The zero-order chi connectivity index (χ0) is 13.4. The number of amides is 1. The minimum atomic E-state index is -0.491. The summed E-state index contributed by atoms with van der Waals surface area (Å²) in [6.07, 6.45) is 0. The number of halogens is 1. The number of benzene rings is 1. The number of carbonyl (C=O) groups is 1. The topological polar surface area (TPSA) is 72.2 Å². The Bertz CT molecular complexity index is 765. The van der Waals surface area contributed by atoms with Crippen molar-refractivity contribution in [3.63, 3.8) is 0 Å². The minimum absolute atomic E-state index is 0.121. The molecule has 0 spiro atoms. The number of fused-ring (bicyclic) bond motifs is 1. The molecule has 0 atom stereocenters. The van der Waals surface area contributed by atoms with Gasteiger partial charge in [-0.25, -0.2) is 4.39 Å². The summed E-state index contributed by atoms with van der Waals surface area (Å²) in [5.41, 5.74) is 0.121. The predicted molar refractivity (Wildman–Crippen MR) is 67.7 cm³/mol. The highest BCUT2D eigenvalue weighted by Crippen LogP contribution is 2.17. The molecule has 0 radical (unpaired) electrons. The highest BCUT2D eigenvalue weighted by Gasteiger charge is 2.16. The van der Waals surface area contributed by atoms with Crippen molar-refractivity contribution in [2.45, 2.75) is 6.92 Å². The molecule has 0 fully saturated rings. The van der Waals surface area contributed by atoms with Crippen LogP contribution in [-0.2, 0) is 0 Å². The lowest BCUT2D eigenvalue weighted by Gasteiger charge is -2.02. The normalized spacial score (nSPS) is 10.8. The van der Waals surface area contributed by atoms with Crippen LogP contribution in [0.1, 0.15) is 15.6 Å². The smallest absolute Gasteiger partial charge is 0.286 e. The first-order chi connectivity index (χ1) is 9.15. The molecule has 0 unspecified atom stereocenters. The number of rotatable bonds is 2. The van der Waals surface area contributed by atoms with Gasteiger partial charge in [-0.05, 0) is 19.1 Å². The van der Waals surface area contributed by atoms with E-state index in [0.29, 0.717) is 10.8 Å². The Morgan fingerprint density at radius 2 is 2.16 bits per heavy atom. The van der Waals surface area contributed by atoms with Crippen molar-refractivity contribution in [1.29, 1.82) is 0 Å². The van der Waals surface area contributed by atoms with Gasteiger partial charge in [-0.2, -0.15) is 4.52 Å². The first-order valence-electron chi connectivity index (χ1n) is 5.40. The first-order valence-corrected chi connectivity index (χ1v) is 6.21. The van der Waals surface area contributed by atoms with Crippen LogP contribution in [0, 0.1) is 12.7 Å². The van der Waals surface area contributed by atoms with Gasteiger partial charge in [-0.3, -0.25) is 4.79 Å². The Hall–Kier alpha value is -2.35. The van der Waals surface area contributed by atoms with Gasteiger partial charge >= 0.3 is 0 Å². The number of para-hydroxylation sites is 1. The quantitative estimate of drug-likeness (QED) is 0.776. The molecule has 3 rings (SSSR count). The molecule has 0 aliphatic rings. The molecular formula is C11H8FN5OS. The van der Waals surface area contributed by atoms with Crippen LogP contribution in [0.15, 0.2) is 24.3 Å². The van der Waals surface area contributed by atoms with Gasteiger partial charge in [-0.15, -0.1) is 15.3 Å². The number of hydrogen-bond acceptors (Lipinski definition) is 5. The number of nitrogens with zero attached hydrogens (tertiary/aromatic N) is 4. The van der Waals surface area contributed by atoms with Crippen LogP contribution in [0.5, 0.6) is 0 Å². The SMILES string of the molecule is Cc1nnc2sc(C(=O)Nc3ccccc3F)nn12. The third-order valence-corrected chi connectivity index (χ3v) is 3.36. The lowest BCUT2D eigenvalue weighted by molar-refractivity contribution is 0.102. The second-order valence-electron chi connectivity index (χ2n) is 3.78. The van der Waals surface area contributed by atoms with Crippen LogP contribution in [0.3, 0.4) is 0 Å². The molecule has 3 aromatic rings. The Morgan fingerprint density at radius 3 is 2.89 bits per heavy atom. The van der Waals surface area contributed by atoms with E-state index in [9.17, 15) is 9.18 Å². The van der Waals surface area contributed by atoms with Crippen LogP contribution in [0.25, 0.3) is 4.96 Å². The number of anilines is 1. The van der Waals surface area contributed by atoms with E-state index in [1.165, 1.54) is 16.6 Å². The lowest BCUT2D eigenvalue weighted by atomic mass is 10.3. The maximum absolute atomic E-state index is 13.4. The predicted octanol–water partition coefficient (Wildman–Crippen LogP) is 1.89. The molecule has 0 saturated carbocycles. The fourth-order valence-electron chi connectivity index (χ4n) is 1.54. The molecule has 8 heteroatoms. The Kier molecular flexibility index (Phi) is 2.71. The highest BCUT2D eigenvalue weighted by atomic mass is 32.1. The molecule has 96 valence electrons. The van der Waals surface area contributed by atoms with Gasteiger partial charge in [0.2, 0.25) is 9.97 Å². The van der Waals surface area contributed by atoms with Crippen LogP contribution < -0.4 is 5.32 Å². The molecule has 1 amide bonds. The van der Waals surface area contributed by atoms with Gasteiger partial charge < -0.3 is 5.32 Å². The van der Waals surface area contributed by atoms with Crippen LogP contribution in [-0.4, -0.2) is 25.7 Å². The van der Waals surface area contributed by atoms with E-state index < -0.39 is 11.7 Å². The Balaban J connectivity index is 1.90. The number of hydrogen-bond donors (Lipinski definition) is 1. The standard InChI is InChI=1S/C11H8FN5OS/c1-6-14-15-11-17(6)16-10(19-11)9(18)13-8-5-3-2-4-7(8)12/h2-5H,1H3,(H,13,18). The Labute approximate surface area is 110 Å². The maximum atomic E-state index is 13.4. The summed E-state index contributed by atoms with van der Waals surface area (Å²) in [6.45, 7) is 1.73. The summed E-state index contributed by atoms with van der Waals surface area (Å²) in [5.74, 6) is -0.369. The van der Waals surface area contributed by atoms with E-state index in [1.807, 2.05) is 0 Å².